The molecule has 0 aliphatic carbocycles. The van der Waals surface area contributed by atoms with Gasteiger partial charge in [-0.3, -0.25) is 4.79 Å². The normalized spacial score (nSPS) is 13.1. The third-order valence-electron chi connectivity index (χ3n) is 2.19. The highest BCUT2D eigenvalue weighted by atomic mass is 79.9. The molecule has 2 atom stereocenters. The van der Waals surface area contributed by atoms with Gasteiger partial charge in [0.05, 0.1) is 10.5 Å². The van der Waals surface area contributed by atoms with Crippen LogP contribution in [0.3, 0.4) is 0 Å². The Kier molecular flexibility index (Phi) is 8.75. The second-order valence-electron chi connectivity index (χ2n) is 3.93. The van der Waals surface area contributed by atoms with Gasteiger partial charge in [-0.25, -0.2) is 0 Å². The lowest BCUT2D eigenvalue weighted by Gasteiger charge is -2.14. The van der Waals surface area contributed by atoms with Gasteiger partial charge in [-0.15, -0.1) is 12.4 Å². The van der Waals surface area contributed by atoms with Crippen LogP contribution in [0.1, 0.15) is 6.92 Å². The van der Waals surface area contributed by atoms with Crippen LogP contribution in [0.15, 0.2) is 28.7 Å². The third kappa shape index (κ3) is 6.77. The van der Waals surface area contributed by atoms with Crippen LogP contribution in [0.2, 0.25) is 0 Å². The molecule has 19 heavy (non-hydrogen) atoms. The maximum Gasteiger partial charge on any atom is 0.236 e. The lowest BCUT2D eigenvalue weighted by atomic mass is 10.3. The monoisotopic (exact) mass is 352 g/mol. The first kappa shape index (κ1) is 18.2. The fourth-order valence-electron chi connectivity index (χ4n) is 1.19. The van der Waals surface area contributed by atoms with E-state index in [2.05, 4.69) is 21.2 Å². The minimum Gasteiger partial charge on any atom is -0.490 e. The molecule has 4 N–H and O–H groups in total. The van der Waals surface area contributed by atoms with E-state index in [-0.39, 0.29) is 31.5 Å². The molecule has 1 rings (SSSR count). The van der Waals surface area contributed by atoms with Crippen molar-refractivity contribution >= 4 is 34.2 Å². The molecular formula is C12H18BrClN2O3. The third-order valence-corrected chi connectivity index (χ3v) is 2.85. The van der Waals surface area contributed by atoms with E-state index in [1.807, 2.05) is 18.2 Å². The first-order chi connectivity index (χ1) is 8.50. The first-order valence-electron chi connectivity index (χ1n) is 5.59. The molecule has 0 radical (unpaired) electrons. The summed E-state index contributed by atoms with van der Waals surface area (Å²) in [5, 5.41) is 12.2. The Balaban J connectivity index is 0.00000324. The molecule has 1 aromatic carbocycles. The molecule has 0 fully saturated rings. The van der Waals surface area contributed by atoms with Gasteiger partial charge in [-0.2, -0.15) is 0 Å². The van der Waals surface area contributed by atoms with Gasteiger partial charge in [0.25, 0.3) is 0 Å². The molecule has 0 spiro atoms. The highest BCUT2D eigenvalue weighted by Crippen LogP contribution is 2.23. The highest BCUT2D eigenvalue weighted by Gasteiger charge is 2.11. The molecule has 108 valence electrons. The molecule has 1 unspecified atom stereocenters. The minimum atomic E-state index is -0.778. The summed E-state index contributed by atoms with van der Waals surface area (Å²) in [4.78, 5) is 11.2. The number of halogens is 2. The molecule has 7 heteroatoms. The van der Waals surface area contributed by atoms with Gasteiger partial charge in [0, 0.05) is 6.54 Å². The average Bonchev–Trinajstić information content (AvgIpc) is 2.34. The maximum atomic E-state index is 11.2. The van der Waals surface area contributed by atoms with Crippen LogP contribution in [0.4, 0.5) is 0 Å². The molecule has 1 amide bonds. The fraction of sp³-hybridized carbons (Fsp3) is 0.417. The van der Waals surface area contributed by atoms with Gasteiger partial charge in [-0.1, -0.05) is 12.1 Å². The van der Waals surface area contributed by atoms with Crippen LogP contribution < -0.4 is 15.8 Å². The predicted octanol–water partition coefficient (Wildman–Crippen LogP) is 1.07. The molecule has 0 aliphatic heterocycles. The van der Waals surface area contributed by atoms with E-state index in [0.29, 0.717) is 5.75 Å². The van der Waals surface area contributed by atoms with E-state index in [0.717, 1.165) is 4.47 Å². The SMILES string of the molecule is C[C@H](N)C(=O)NCC(O)COc1ccccc1Br.Cl. The molecular weight excluding hydrogens is 335 g/mol. The van der Waals surface area contributed by atoms with Gasteiger partial charge in [0.2, 0.25) is 5.91 Å². The summed E-state index contributed by atoms with van der Waals surface area (Å²) in [6.45, 7) is 1.80. The zero-order chi connectivity index (χ0) is 13.5. The van der Waals surface area contributed by atoms with Crippen molar-refractivity contribution in [2.24, 2.45) is 5.73 Å². The van der Waals surface area contributed by atoms with E-state index >= 15 is 0 Å². The number of rotatable bonds is 6. The van der Waals surface area contributed by atoms with Crippen LogP contribution in [-0.2, 0) is 4.79 Å². The Morgan fingerprint density at radius 2 is 2.16 bits per heavy atom. The predicted molar refractivity (Wildman–Crippen MR) is 79.6 cm³/mol. The van der Waals surface area contributed by atoms with Gasteiger partial charge < -0.3 is 20.9 Å². The number of carbonyl (C=O) groups is 1. The Hall–Kier alpha value is -0.820. The van der Waals surface area contributed by atoms with Crippen LogP contribution in [-0.4, -0.2) is 36.3 Å². The standard InChI is InChI=1S/C12H17BrN2O3.ClH/c1-8(14)12(17)15-6-9(16)7-18-11-5-3-2-4-10(11)13;/h2-5,8-9,16H,6-7,14H2,1H3,(H,15,17);1H/t8-,9?;/m0./s1. The number of benzene rings is 1. The summed E-state index contributed by atoms with van der Waals surface area (Å²) in [7, 11) is 0. The summed E-state index contributed by atoms with van der Waals surface area (Å²) in [5.74, 6) is 0.352. The van der Waals surface area contributed by atoms with E-state index in [1.165, 1.54) is 0 Å². The van der Waals surface area contributed by atoms with Crippen molar-refractivity contribution in [2.45, 2.75) is 19.1 Å². The zero-order valence-corrected chi connectivity index (χ0v) is 12.9. The maximum absolute atomic E-state index is 11.2. The number of aliphatic hydroxyl groups is 1. The second kappa shape index (κ2) is 9.14. The summed E-state index contributed by atoms with van der Waals surface area (Å²) >= 11 is 3.33. The number of nitrogens with one attached hydrogen (secondary N) is 1. The number of ether oxygens (including phenoxy) is 1. The summed E-state index contributed by atoms with van der Waals surface area (Å²) < 4.78 is 6.23. The first-order valence-corrected chi connectivity index (χ1v) is 6.38. The number of hydrogen-bond acceptors (Lipinski definition) is 4. The lowest BCUT2D eigenvalue weighted by molar-refractivity contribution is -0.122. The number of hydrogen-bond donors (Lipinski definition) is 3. The van der Waals surface area contributed by atoms with Crippen molar-refractivity contribution in [1.82, 2.24) is 5.32 Å². The number of aliphatic hydroxyl groups excluding tert-OH is 1. The zero-order valence-electron chi connectivity index (χ0n) is 10.5. The van der Waals surface area contributed by atoms with Gasteiger partial charge in [-0.05, 0) is 35.0 Å². The molecule has 0 saturated heterocycles. The van der Waals surface area contributed by atoms with E-state index < -0.39 is 12.1 Å². The van der Waals surface area contributed by atoms with Crippen molar-refractivity contribution in [3.05, 3.63) is 28.7 Å². The van der Waals surface area contributed by atoms with Gasteiger partial charge in [0.15, 0.2) is 0 Å². The second-order valence-corrected chi connectivity index (χ2v) is 4.78. The van der Waals surface area contributed by atoms with Crippen molar-refractivity contribution in [2.75, 3.05) is 13.2 Å². The van der Waals surface area contributed by atoms with E-state index in [1.54, 1.807) is 13.0 Å². The van der Waals surface area contributed by atoms with Crippen LogP contribution in [0.5, 0.6) is 5.75 Å². The van der Waals surface area contributed by atoms with Crippen LogP contribution in [0.25, 0.3) is 0 Å². The fourth-order valence-corrected chi connectivity index (χ4v) is 1.59. The summed E-state index contributed by atoms with van der Waals surface area (Å²) in [6, 6.07) is 6.76. The molecule has 1 aromatic rings. The van der Waals surface area contributed by atoms with Crippen LogP contribution in [0, 0.1) is 0 Å². The lowest BCUT2D eigenvalue weighted by Crippen LogP contribution is -2.42. The summed E-state index contributed by atoms with van der Waals surface area (Å²) in [6.07, 6.45) is -0.778. The number of carbonyl (C=O) groups excluding carboxylic acids is 1. The Bertz CT molecular complexity index is 404. The Morgan fingerprint density at radius 1 is 1.53 bits per heavy atom. The minimum absolute atomic E-state index is 0. The van der Waals surface area contributed by atoms with E-state index in [4.69, 9.17) is 10.5 Å². The highest BCUT2D eigenvalue weighted by molar-refractivity contribution is 9.10. The number of para-hydroxylation sites is 1. The Morgan fingerprint density at radius 3 is 2.74 bits per heavy atom. The molecule has 0 aliphatic rings. The smallest absolute Gasteiger partial charge is 0.236 e. The van der Waals surface area contributed by atoms with E-state index in [9.17, 15) is 9.90 Å². The quantitative estimate of drug-likeness (QED) is 0.714. The largest absolute Gasteiger partial charge is 0.490 e. The Labute approximate surface area is 127 Å². The number of nitrogens with two attached hydrogens (primary N) is 1. The van der Waals surface area contributed by atoms with Crippen molar-refractivity contribution in [3.63, 3.8) is 0 Å². The topological polar surface area (TPSA) is 84.6 Å². The molecule has 5 nitrogen and oxygen atoms in total. The molecule has 0 bridgehead atoms. The van der Waals surface area contributed by atoms with Crippen LogP contribution >= 0.6 is 28.3 Å². The van der Waals surface area contributed by atoms with Crippen molar-refractivity contribution < 1.29 is 14.6 Å². The number of amides is 1. The molecule has 0 aromatic heterocycles. The average molecular weight is 354 g/mol. The summed E-state index contributed by atoms with van der Waals surface area (Å²) in [5.41, 5.74) is 5.38. The van der Waals surface area contributed by atoms with Gasteiger partial charge in [0.1, 0.15) is 18.5 Å². The van der Waals surface area contributed by atoms with Crippen molar-refractivity contribution in [3.8, 4) is 5.75 Å². The molecule has 0 heterocycles. The van der Waals surface area contributed by atoms with Gasteiger partial charge >= 0.3 is 0 Å². The molecule has 0 saturated carbocycles. The van der Waals surface area contributed by atoms with Crippen molar-refractivity contribution in [1.29, 1.82) is 0 Å².